The van der Waals surface area contributed by atoms with E-state index in [0.717, 1.165) is 16.2 Å². The van der Waals surface area contributed by atoms with E-state index in [1.807, 2.05) is 41.8 Å². The monoisotopic (exact) mass is 298 g/mol. The molecule has 0 saturated heterocycles. The molecule has 1 aliphatic heterocycles. The number of nitrogens with one attached hydrogen (secondary N) is 1. The zero-order valence-electron chi connectivity index (χ0n) is 11.5. The first-order valence-electron chi connectivity index (χ1n) is 6.51. The number of amides is 1. The number of benzene rings is 1. The van der Waals surface area contributed by atoms with Crippen LogP contribution in [0.5, 0.6) is 5.75 Å². The van der Waals surface area contributed by atoms with E-state index >= 15 is 0 Å². The summed E-state index contributed by atoms with van der Waals surface area (Å²) in [6, 6.07) is 11.6. The van der Waals surface area contributed by atoms with Crippen molar-refractivity contribution in [2.24, 2.45) is 4.99 Å². The summed E-state index contributed by atoms with van der Waals surface area (Å²) < 4.78 is 5.12. The predicted molar refractivity (Wildman–Crippen MR) is 84.6 cm³/mol. The van der Waals surface area contributed by atoms with Crippen LogP contribution in [0.1, 0.15) is 10.4 Å². The van der Waals surface area contributed by atoms with Crippen LogP contribution in [0.4, 0.5) is 0 Å². The van der Waals surface area contributed by atoms with E-state index in [1.165, 1.54) is 0 Å². The molecule has 0 aliphatic carbocycles. The van der Waals surface area contributed by atoms with Gasteiger partial charge in [-0.3, -0.25) is 4.79 Å². The van der Waals surface area contributed by atoms with Crippen molar-refractivity contribution in [1.82, 2.24) is 5.32 Å². The normalized spacial score (nSPS) is 16.0. The molecule has 4 nitrogen and oxygen atoms in total. The Hall–Kier alpha value is -2.40. The molecule has 3 rings (SSSR count). The topological polar surface area (TPSA) is 50.7 Å². The molecule has 0 spiro atoms. The first-order chi connectivity index (χ1) is 10.2. The number of ether oxygens (including phenoxy) is 1. The fourth-order valence-electron chi connectivity index (χ4n) is 2.05. The molecule has 21 heavy (non-hydrogen) atoms. The van der Waals surface area contributed by atoms with Crippen molar-refractivity contribution in [3.63, 3.8) is 0 Å². The van der Waals surface area contributed by atoms with E-state index in [1.54, 1.807) is 24.5 Å². The predicted octanol–water partition coefficient (Wildman–Crippen LogP) is 2.87. The highest BCUT2D eigenvalue weighted by atomic mass is 32.1. The van der Waals surface area contributed by atoms with Gasteiger partial charge < -0.3 is 10.1 Å². The van der Waals surface area contributed by atoms with Gasteiger partial charge in [0.25, 0.3) is 5.91 Å². The summed E-state index contributed by atoms with van der Waals surface area (Å²) in [7, 11) is 1.64. The Balaban J connectivity index is 1.75. The lowest BCUT2D eigenvalue weighted by Gasteiger charge is -2.03. The maximum atomic E-state index is 11.9. The smallest absolute Gasteiger partial charge is 0.275 e. The standard InChI is InChI=1S/C16H14N2O2S/c1-20-12-6-4-11(5-7-12)9-15-17-14(16(19)18-15)10-13-3-2-8-21-13/h2-8,10H,9H2,1H3,(H,17,18,19)/b14-10+. The van der Waals surface area contributed by atoms with E-state index in [-0.39, 0.29) is 5.91 Å². The second kappa shape index (κ2) is 5.93. The minimum Gasteiger partial charge on any atom is -0.497 e. The zero-order chi connectivity index (χ0) is 14.7. The van der Waals surface area contributed by atoms with Crippen LogP contribution in [0.25, 0.3) is 6.08 Å². The second-order valence-electron chi connectivity index (χ2n) is 4.58. The highest BCUT2D eigenvalue weighted by Crippen LogP contribution is 2.18. The number of amidine groups is 1. The average molecular weight is 298 g/mol. The summed E-state index contributed by atoms with van der Waals surface area (Å²) >= 11 is 1.58. The summed E-state index contributed by atoms with van der Waals surface area (Å²) in [6.07, 6.45) is 2.40. The van der Waals surface area contributed by atoms with Gasteiger partial charge in [-0.05, 0) is 35.2 Å². The maximum Gasteiger partial charge on any atom is 0.275 e. The first kappa shape index (κ1) is 13.6. The van der Waals surface area contributed by atoms with Gasteiger partial charge in [-0.2, -0.15) is 0 Å². The minimum atomic E-state index is -0.146. The molecule has 0 fully saturated rings. The van der Waals surface area contributed by atoms with Gasteiger partial charge in [-0.15, -0.1) is 11.3 Å². The quantitative estimate of drug-likeness (QED) is 0.882. The summed E-state index contributed by atoms with van der Waals surface area (Å²) in [6.45, 7) is 0. The summed E-state index contributed by atoms with van der Waals surface area (Å²) in [5.74, 6) is 1.34. The third kappa shape index (κ3) is 3.20. The zero-order valence-corrected chi connectivity index (χ0v) is 12.3. The molecular formula is C16H14N2O2S. The Morgan fingerprint density at radius 2 is 2.10 bits per heavy atom. The number of aliphatic imine (C=N–C) groups is 1. The Morgan fingerprint density at radius 3 is 2.76 bits per heavy atom. The largest absolute Gasteiger partial charge is 0.497 e. The van der Waals surface area contributed by atoms with E-state index in [2.05, 4.69) is 10.3 Å². The van der Waals surface area contributed by atoms with Crippen molar-refractivity contribution < 1.29 is 9.53 Å². The number of hydrogen-bond donors (Lipinski definition) is 1. The number of methoxy groups -OCH3 is 1. The SMILES string of the molecule is COc1ccc(CC2=N/C(=C/c3cccs3)C(=O)N2)cc1. The molecule has 0 saturated carbocycles. The number of rotatable bonds is 4. The molecule has 5 heteroatoms. The molecule has 1 N–H and O–H groups in total. The molecule has 0 atom stereocenters. The van der Waals surface area contributed by atoms with Crippen LogP contribution in [0.15, 0.2) is 52.5 Å². The molecule has 1 aromatic heterocycles. The van der Waals surface area contributed by atoms with Crippen LogP contribution >= 0.6 is 11.3 Å². The molecule has 1 aliphatic rings. The van der Waals surface area contributed by atoms with Crippen molar-refractivity contribution in [2.45, 2.75) is 6.42 Å². The lowest BCUT2D eigenvalue weighted by atomic mass is 10.1. The molecule has 0 bridgehead atoms. The Bertz CT molecular complexity index is 700. The number of carbonyl (C=O) groups is 1. The molecule has 1 amide bonds. The highest BCUT2D eigenvalue weighted by Gasteiger charge is 2.20. The van der Waals surface area contributed by atoms with E-state index in [0.29, 0.717) is 18.0 Å². The third-order valence-electron chi connectivity index (χ3n) is 3.10. The lowest BCUT2D eigenvalue weighted by molar-refractivity contribution is -0.115. The second-order valence-corrected chi connectivity index (χ2v) is 5.56. The van der Waals surface area contributed by atoms with Gasteiger partial charge in [0.2, 0.25) is 0 Å². The Kier molecular flexibility index (Phi) is 3.83. The van der Waals surface area contributed by atoms with Crippen LogP contribution < -0.4 is 10.1 Å². The van der Waals surface area contributed by atoms with Crippen LogP contribution in [0, 0.1) is 0 Å². The van der Waals surface area contributed by atoms with E-state index in [4.69, 9.17) is 4.74 Å². The average Bonchev–Trinajstić information content (AvgIpc) is 3.11. The van der Waals surface area contributed by atoms with Crippen LogP contribution in [-0.2, 0) is 11.2 Å². The maximum absolute atomic E-state index is 11.9. The molecule has 106 valence electrons. The van der Waals surface area contributed by atoms with Crippen molar-refractivity contribution in [3.8, 4) is 5.75 Å². The number of hydrogen-bond acceptors (Lipinski definition) is 4. The van der Waals surface area contributed by atoms with Crippen molar-refractivity contribution in [1.29, 1.82) is 0 Å². The van der Waals surface area contributed by atoms with Crippen LogP contribution in [0.2, 0.25) is 0 Å². The Labute approximate surface area is 126 Å². The van der Waals surface area contributed by atoms with E-state index in [9.17, 15) is 4.79 Å². The van der Waals surface area contributed by atoms with Gasteiger partial charge in [-0.1, -0.05) is 18.2 Å². The molecule has 2 heterocycles. The fourth-order valence-corrected chi connectivity index (χ4v) is 2.70. The first-order valence-corrected chi connectivity index (χ1v) is 7.39. The van der Waals surface area contributed by atoms with Gasteiger partial charge in [0.15, 0.2) is 0 Å². The number of carbonyl (C=O) groups excluding carboxylic acids is 1. The van der Waals surface area contributed by atoms with Crippen molar-refractivity contribution in [2.75, 3.05) is 7.11 Å². The van der Waals surface area contributed by atoms with Crippen molar-refractivity contribution >= 4 is 29.2 Å². The Morgan fingerprint density at radius 1 is 1.29 bits per heavy atom. The lowest BCUT2D eigenvalue weighted by Crippen LogP contribution is -2.25. The van der Waals surface area contributed by atoms with Gasteiger partial charge in [-0.25, -0.2) is 4.99 Å². The molecule has 0 radical (unpaired) electrons. The summed E-state index contributed by atoms with van der Waals surface area (Å²) in [5.41, 5.74) is 1.54. The van der Waals surface area contributed by atoms with Gasteiger partial charge >= 0.3 is 0 Å². The highest BCUT2D eigenvalue weighted by molar-refractivity contribution is 7.10. The molecule has 0 unspecified atom stereocenters. The molecule has 1 aromatic carbocycles. The number of nitrogens with zero attached hydrogens (tertiary/aromatic N) is 1. The summed E-state index contributed by atoms with van der Waals surface area (Å²) in [4.78, 5) is 17.3. The van der Waals surface area contributed by atoms with Crippen molar-refractivity contribution in [3.05, 3.63) is 57.9 Å². The summed E-state index contributed by atoms with van der Waals surface area (Å²) in [5, 5.41) is 4.78. The van der Waals surface area contributed by atoms with Gasteiger partial charge in [0, 0.05) is 11.3 Å². The third-order valence-corrected chi connectivity index (χ3v) is 3.92. The van der Waals surface area contributed by atoms with Gasteiger partial charge in [0.1, 0.15) is 17.3 Å². The van der Waals surface area contributed by atoms with Crippen LogP contribution in [-0.4, -0.2) is 18.9 Å². The van der Waals surface area contributed by atoms with Gasteiger partial charge in [0.05, 0.1) is 7.11 Å². The molecule has 2 aromatic rings. The number of thiophene rings is 1. The molecular weight excluding hydrogens is 284 g/mol. The fraction of sp³-hybridized carbons (Fsp3) is 0.125. The van der Waals surface area contributed by atoms with Crippen LogP contribution in [0.3, 0.4) is 0 Å². The minimum absolute atomic E-state index is 0.146. The van der Waals surface area contributed by atoms with E-state index < -0.39 is 0 Å².